The number of aliphatic hydroxyl groups excluding tert-OH is 1. The Morgan fingerprint density at radius 2 is 1.71 bits per heavy atom. The van der Waals surface area contributed by atoms with Gasteiger partial charge in [0.2, 0.25) is 5.91 Å². The lowest BCUT2D eigenvalue weighted by atomic mass is 9.62. The number of hydrogen-bond acceptors (Lipinski definition) is 12. The number of benzene rings is 2. The maximum Gasteiger partial charge on any atom is 0.422 e. The number of ether oxygens (including phenoxy) is 5. The predicted molar refractivity (Wildman–Crippen MR) is 184 cm³/mol. The molecule has 7 unspecified atom stereocenters. The van der Waals surface area contributed by atoms with Gasteiger partial charge < -0.3 is 34.1 Å². The Hall–Kier alpha value is -4.35. The quantitative estimate of drug-likeness (QED) is 0.195. The summed E-state index contributed by atoms with van der Waals surface area (Å²) in [6, 6.07) is 12.4. The van der Waals surface area contributed by atoms with E-state index in [0.29, 0.717) is 24.0 Å². The lowest BCUT2D eigenvalue weighted by molar-refractivity contribution is -0.217. The maximum atomic E-state index is 14.7. The Kier molecular flexibility index (Phi) is 10.3. The number of alkyl halides is 3. The minimum atomic E-state index is -4.64. The van der Waals surface area contributed by atoms with E-state index < -0.39 is 96.5 Å². The number of aliphatic hydroxyl groups is 1. The highest BCUT2D eigenvalue weighted by atomic mass is 19.4. The summed E-state index contributed by atoms with van der Waals surface area (Å²) < 4.78 is 66.2. The van der Waals surface area contributed by atoms with Crippen molar-refractivity contribution in [3.05, 3.63) is 76.9 Å². The van der Waals surface area contributed by atoms with E-state index in [1.165, 1.54) is 11.1 Å². The molecule has 1 amide bonds. The zero-order valence-electron chi connectivity index (χ0n) is 30.5. The minimum Gasteiger partial charge on any atom is -0.460 e. The van der Waals surface area contributed by atoms with Crippen LogP contribution >= 0.6 is 0 Å². The number of fused-ring (bicyclic) bond motifs is 5. The number of nitrogens with zero attached hydrogens (tertiary/aromatic N) is 1. The fourth-order valence-corrected chi connectivity index (χ4v) is 8.25. The van der Waals surface area contributed by atoms with E-state index in [1.54, 1.807) is 45.0 Å². The maximum absolute atomic E-state index is 14.7. The van der Waals surface area contributed by atoms with Crippen LogP contribution < -0.4 is 5.32 Å². The molecule has 3 aliphatic heterocycles. The van der Waals surface area contributed by atoms with Gasteiger partial charge in [-0.1, -0.05) is 48.5 Å². The van der Waals surface area contributed by atoms with Crippen molar-refractivity contribution in [3.8, 4) is 0 Å². The second kappa shape index (κ2) is 14.6. The summed E-state index contributed by atoms with van der Waals surface area (Å²) in [4.78, 5) is 59.5. The molecule has 16 heteroatoms. The molecular formula is C39H43F3N2O11. The zero-order chi connectivity index (χ0) is 39.3. The van der Waals surface area contributed by atoms with E-state index in [2.05, 4.69) is 10.1 Å². The van der Waals surface area contributed by atoms with Crippen molar-refractivity contribution in [1.29, 1.82) is 0 Å². The van der Waals surface area contributed by atoms with Crippen LogP contribution in [-0.2, 0) is 67.1 Å². The van der Waals surface area contributed by atoms with Crippen molar-refractivity contribution >= 4 is 29.9 Å². The summed E-state index contributed by atoms with van der Waals surface area (Å²) in [6.07, 6.45) is -4.91. The van der Waals surface area contributed by atoms with E-state index in [0.717, 1.165) is 17.2 Å². The number of halogens is 3. The summed E-state index contributed by atoms with van der Waals surface area (Å²) >= 11 is 0. The van der Waals surface area contributed by atoms with Gasteiger partial charge in [0, 0.05) is 31.8 Å². The van der Waals surface area contributed by atoms with Crippen LogP contribution in [0.4, 0.5) is 13.2 Å². The van der Waals surface area contributed by atoms with Crippen LogP contribution in [0, 0.1) is 5.41 Å². The molecule has 2 N–H and O–H groups in total. The average Bonchev–Trinajstić information content (AvgIpc) is 3.79. The van der Waals surface area contributed by atoms with Gasteiger partial charge in [0.1, 0.15) is 35.4 Å². The molecule has 2 bridgehead atoms. The normalized spacial score (nSPS) is 28.4. The van der Waals surface area contributed by atoms with Gasteiger partial charge in [-0.2, -0.15) is 18.2 Å². The number of hydroxylamine groups is 2. The van der Waals surface area contributed by atoms with Crippen molar-refractivity contribution in [2.24, 2.45) is 5.41 Å². The summed E-state index contributed by atoms with van der Waals surface area (Å²) in [7, 11) is 0. The first-order valence-electron chi connectivity index (χ1n) is 18.2. The minimum absolute atomic E-state index is 0.00445. The van der Waals surface area contributed by atoms with Crippen molar-refractivity contribution in [2.45, 2.75) is 113 Å². The SMILES string of the molecule is CC(C)(C)OC(=O)CCC(CO)NC(=O)C12CC3OC(=O)C1N(Cc1ccc(C=CC(=O)OCC(F)(F)F)cc1)OC2C1OC2(Cc4ccccc4C2)OC31. The van der Waals surface area contributed by atoms with Crippen LogP contribution in [0.5, 0.6) is 0 Å². The number of esters is 3. The second-order valence-electron chi connectivity index (χ2n) is 15.7. The molecule has 3 saturated heterocycles. The van der Waals surface area contributed by atoms with Crippen LogP contribution in [-0.4, -0.2) is 101 Å². The van der Waals surface area contributed by atoms with Crippen molar-refractivity contribution in [3.63, 3.8) is 0 Å². The first-order chi connectivity index (χ1) is 26.0. The highest BCUT2D eigenvalue weighted by Crippen LogP contribution is 2.58. The van der Waals surface area contributed by atoms with Crippen molar-refractivity contribution in [2.75, 3.05) is 13.2 Å². The molecule has 2 aliphatic carbocycles. The fourth-order valence-electron chi connectivity index (χ4n) is 8.25. The van der Waals surface area contributed by atoms with Crippen LogP contribution in [0.25, 0.3) is 6.08 Å². The second-order valence-corrected chi connectivity index (χ2v) is 15.7. The van der Waals surface area contributed by atoms with Gasteiger partial charge >= 0.3 is 24.1 Å². The third-order valence-corrected chi connectivity index (χ3v) is 10.5. The molecule has 4 fully saturated rings. The fraction of sp³-hybridized carbons (Fsp3) is 0.538. The van der Waals surface area contributed by atoms with Crippen LogP contribution in [0.2, 0.25) is 0 Å². The highest BCUT2D eigenvalue weighted by molar-refractivity contribution is 5.94. The molecule has 7 atom stereocenters. The Morgan fingerprint density at radius 1 is 1.04 bits per heavy atom. The molecule has 7 rings (SSSR count). The molecule has 3 heterocycles. The van der Waals surface area contributed by atoms with E-state index in [1.807, 2.05) is 24.3 Å². The lowest BCUT2D eigenvalue weighted by Crippen LogP contribution is -2.70. The molecule has 5 aliphatic rings. The molecule has 0 aromatic heterocycles. The highest BCUT2D eigenvalue weighted by Gasteiger charge is 2.76. The Morgan fingerprint density at radius 3 is 2.35 bits per heavy atom. The molecule has 2 aromatic carbocycles. The number of hydrogen-bond donors (Lipinski definition) is 2. The number of rotatable bonds is 11. The standard InChI is InChI=1S/C39H43F3N2O11/c1-36(2,3)52-29(47)15-13-26(20-45)43-35(49)38-18-27-30-31(54-37(53-30)16-24-6-4-5-7-25(24)17-37)33(38)55-44(32(38)34(48)51-27)19-23-10-8-22(9-11-23)12-14-28(46)50-21-39(40,41)42/h4-12,14,26-27,30-33,45H,13,15-21H2,1-3H3,(H,43,49). The number of carbonyl (C=O) groups is 4. The van der Waals surface area contributed by atoms with E-state index in [9.17, 15) is 37.5 Å². The lowest BCUT2D eigenvalue weighted by Gasteiger charge is -2.49. The van der Waals surface area contributed by atoms with Crippen molar-refractivity contribution in [1.82, 2.24) is 10.4 Å². The molecule has 55 heavy (non-hydrogen) atoms. The van der Waals surface area contributed by atoms with Gasteiger partial charge in [-0.05, 0) is 55.5 Å². The number of nitrogens with one attached hydrogen (secondary N) is 1. The molecule has 2 aromatic rings. The zero-order valence-corrected chi connectivity index (χ0v) is 30.5. The monoisotopic (exact) mass is 772 g/mol. The first-order valence-corrected chi connectivity index (χ1v) is 18.2. The van der Waals surface area contributed by atoms with Gasteiger partial charge in [-0.25, -0.2) is 4.79 Å². The molecule has 296 valence electrons. The van der Waals surface area contributed by atoms with Gasteiger partial charge in [0.25, 0.3) is 0 Å². The van der Waals surface area contributed by atoms with Crippen LogP contribution in [0.1, 0.15) is 62.3 Å². The topological polar surface area (TPSA) is 159 Å². The number of amides is 1. The van der Waals surface area contributed by atoms with Crippen LogP contribution in [0.3, 0.4) is 0 Å². The van der Waals surface area contributed by atoms with Crippen molar-refractivity contribution < 1.29 is 66.0 Å². The summed E-state index contributed by atoms with van der Waals surface area (Å²) in [5.41, 5.74) is 0.994. The summed E-state index contributed by atoms with van der Waals surface area (Å²) in [5, 5.41) is 14.6. The number of carbonyl (C=O) groups excluding carboxylic acids is 4. The average molecular weight is 773 g/mol. The summed E-state index contributed by atoms with van der Waals surface area (Å²) in [5.74, 6) is -3.96. The van der Waals surface area contributed by atoms with E-state index >= 15 is 0 Å². The first kappa shape index (κ1) is 38.9. The Labute approximate surface area is 315 Å². The third kappa shape index (κ3) is 8.01. The van der Waals surface area contributed by atoms with Gasteiger partial charge in [0.15, 0.2) is 18.4 Å². The van der Waals surface area contributed by atoms with Gasteiger partial charge in [-0.3, -0.25) is 19.2 Å². The predicted octanol–water partition coefficient (Wildman–Crippen LogP) is 3.48. The van der Waals surface area contributed by atoms with Crippen LogP contribution in [0.15, 0.2) is 54.6 Å². The molecule has 0 radical (unpaired) electrons. The Balaban J connectivity index is 1.13. The van der Waals surface area contributed by atoms with E-state index in [-0.39, 0.29) is 25.8 Å². The smallest absolute Gasteiger partial charge is 0.422 e. The molecule has 1 saturated carbocycles. The molecular weight excluding hydrogens is 729 g/mol. The third-order valence-electron chi connectivity index (χ3n) is 10.5. The molecule has 1 spiro atoms. The molecule has 13 nitrogen and oxygen atoms in total. The van der Waals surface area contributed by atoms with E-state index in [4.69, 9.17) is 23.8 Å². The Bertz CT molecular complexity index is 1820. The van der Waals surface area contributed by atoms with Gasteiger partial charge in [0.05, 0.1) is 19.2 Å². The summed E-state index contributed by atoms with van der Waals surface area (Å²) in [6.45, 7) is 3.05. The largest absolute Gasteiger partial charge is 0.460 e. The van der Waals surface area contributed by atoms with Gasteiger partial charge in [-0.15, -0.1) is 0 Å².